The van der Waals surface area contributed by atoms with Gasteiger partial charge in [-0.3, -0.25) is 10.1 Å². The number of rotatable bonds is 8. The molecule has 0 aliphatic carbocycles. The average molecular weight is 462 g/mol. The molecule has 0 aliphatic rings. The summed E-state index contributed by atoms with van der Waals surface area (Å²) < 4.78 is 38.5. The minimum Gasteiger partial charge on any atom is -0.358 e. The number of carbonyl (C=O) groups excluding carboxylic acids is 1. The van der Waals surface area contributed by atoms with Crippen molar-refractivity contribution in [1.29, 1.82) is 0 Å². The summed E-state index contributed by atoms with van der Waals surface area (Å²) in [6.07, 6.45) is -1.69. The Morgan fingerprint density at radius 1 is 1.00 bits per heavy atom. The van der Waals surface area contributed by atoms with Gasteiger partial charge in [0.15, 0.2) is 0 Å². The first kappa shape index (κ1) is 23.8. The van der Waals surface area contributed by atoms with Crippen LogP contribution in [0.2, 0.25) is 5.15 Å². The third-order valence-corrected chi connectivity index (χ3v) is 5.39. The number of nitrogens with one attached hydrogen (secondary N) is 2. The van der Waals surface area contributed by atoms with Crippen LogP contribution >= 0.6 is 11.6 Å². The molecule has 3 aromatic rings. The van der Waals surface area contributed by atoms with Crippen molar-refractivity contribution in [1.82, 2.24) is 15.6 Å². The molecule has 2 N–H and O–H groups in total. The Hall–Kier alpha value is -2.90. The van der Waals surface area contributed by atoms with Gasteiger partial charge in [-0.15, -0.1) is 0 Å². The van der Waals surface area contributed by atoms with Crippen LogP contribution in [0, 0.1) is 0 Å². The van der Waals surface area contributed by atoms with E-state index < -0.39 is 17.8 Å². The smallest absolute Gasteiger partial charge is 0.358 e. The summed E-state index contributed by atoms with van der Waals surface area (Å²) in [4.78, 5) is 16.8. The number of halogens is 4. The first-order chi connectivity index (χ1) is 15.3. The molecule has 1 heterocycles. The van der Waals surface area contributed by atoms with Crippen molar-refractivity contribution < 1.29 is 18.0 Å². The maximum absolute atomic E-state index is 12.8. The SMILES string of the molecule is CNC(=O)C(N[C@@H](CCc1ccc(C(F)(F)F)cc1)c1ccc(Cl)nc1)c1ccccc1. The molecule has 8 heteroatoms. The maximum atomic E-state index is 12.8. The molecule has 168 valence electrons. The highest BCUT2D eigenvalue weighted by molar-refractivity contribution is 6.29. The van der Waals surface area contributed by atoms with E-state index in [0.29, 0.717) is 18.0 Å². The fourth-order valence-electron chi connectivity index (χ4n) is 3.43. The molecule has 0 saturated carbocycles. The van der Waals surface area contributed by atoms with Crippen LogP contribution in [0.25, 0.3) is 0 Å². The molecule has 4 nitrogen and oxygen atoms in total. The lowest BCUT2D eigenvalue weighted by Crippen LogP contribution is -2.38. The van der Waals surface area contributed by atoms with Crippen molar-refractivity contribution in [3.8, 4) is 0 Å². The number of aromatic nitrogens is 1. The van der Waals surface area contributed by atoms with Crippen LogP contribution in [-0.4, -0.2) is 17.9 Å². The van der Waals surface area contributed by atoms with Gasteiger partial charge in [-0.1, -0.05) is 60.1 Å². The summed E-state index contributed by atoms with van der Waals surface area (Å²) in [5, 5.41) is 6.41. The molecule has 0 spiro atoms. The highest BCUT2D eigenvalue weighted by atomic mass is 35.5. The molecule has 0 radical (unpaired) electrons. The number of alkyl halides is 3. The average Bonchev–Trinajstić information content (AvgIpc) is 2.80. The predicted molar refractivity (Wildman–Crippen MR) is 118 cm³/mol. The van der Waals surface area contributed by atoms with E-state index in [0.717, 1.165) is 28.8 Å². The molecule has 0 bridgehead atoms. The second-order valence-corrected chi connectivity index (χ2v) is 7.71. The van der Waals surface area contributed by atoms with E-state index in [1.807, 2.05) is 36.4 Å². The molecule has 3 rings (SSSR count). The summed E-state index contributed by atoms with van der Waals surface area (Å²) in [5.74, 6) is -0.197. The van der Waals surface area contributed by atoms with Crippen molar-refractivity contribution in [3.63, 3.8) is 0 Å². The van der Waals surface area contributed by atoms with Gasteiger partial charge in [0.2, 0.25) is 5.91 Å². The van der Waals surface area contributed by atoms with Gasteiger partial charge < -0.3 is 5.32 Å². The second-order valence-electron chi connectivity index (χ2n) is 7.32. The normalized spacial score (nSPS) is 13.4. The van der Waals surface area contributed by atoms with Crippen molar-refractivity contribution in [2.45, 2.75) is 31.1 Å². The summed E-state index contributed by atoms with van der Waals surface area (Å²) in [6.45, 7) is 0. The predicted octanol–water partition coefficient (Wildman–Crippen LogP) is 5.50. The fraction of sp³-hybridized carbons (Fsp3) is 0.250. The Labute approximate surface area is 189 Å². The van der Waals surface area contributed by atoms with Gasteiger partial charge in [-0.05, 0) is 47.7 Å². The summed E-state index contributed by atoms with van der Waals surface area (Å²) in [6, 6.07) is 17.0. The standard InChI is InChI=1S/C24H23ClF3N3O/c1-29-23(32)22(17-5-3-2-4-6-17)31-20(18-10-14-21(25)30-15-18)13-9-16-7-11-19(12-8-16)24(26,27)28/h2-8,10-12,14-15,20,22,31H,9,13H2,1H3,(H,29,32)/t20-,22?/m0/s1. The van der Waals surface area contributed by atoms with Crippen LogP contribution in [-0.2, 0) is 17.4 Å². The van der Waals surface area contributed by atoms with Gasteiger partial charge in [-0.25, -0.2) is 4.98 Å². The number of carbonyl (C=O) groups is 1. The van der Waals surface area contributed by atoms with Gasteiger partial charge in [0.05, 0.1) is 5.56 Å². The molecule has 0 saturated heterocycles. The van der Waals surface area contributed by atoms with Crippen LogP contribution in [0.5, 0.6) is 0 Å². The third kappa shape index (κ3) is 6.31. The van der Waals surface area contributed by atoms with Crippen molar-refractivity contribution in [2.75, 3.05) is 7.05 Å². The second kappa shape index (κ2) is 10.6. The van der Waals surface area contributed by atoms with Gasteiger partial charge >= 0.3 is 6.18 Å². The fourth-order valence-corrected chi connectivity index (χ4v) is 3.54. The molecular weight excluding hydrogens is 439 g/mol. The zero-order valence-corrected chi connectivity index (χ0v) is 18.1. The van der Waals surface area contributed by atoms with E-state index in [2.05, 4.69) is 15.6 Å². The van der Waals surface area contributed by atoms with Gasteiger partial charge in [-0.2, -0.15) is 13.2 Å². The number of nitrogens with zero attached hydrogens (tertiary/aromatic N) is 1. The number of aryl methyl sites for hydroxylation is 1. The van der Waals surface area contributed by atoms with Gasteiger partial charge in [0, 0.05) is 19.3 Å². The van der Waals surface area contributed by atoms with Crippen LogP contribution in [0.15, 0.2) is 72.9 Å². The molecular formula is C24H23ClF3N3O. The van der Waals surface area contributed by atoms with Gasteiger partial charge in [0.1, 0.15) is 11.2 Å². The molecule has 32 heavy (non-hydrogen) atoms. The van der Waals surface area contributed by atoms with E-state index >= 15 is 0 Å². The van der Waals surface area contributed by atoms with Gasteiger partial charge in [0.25, 0.3) is 0 Å². The number of pyridine rings is 1. The number of hydrogen-bond acceptors (Lipinski definition) is 3. The molecule has 1 amide bonds. The zero-order valence-electron chi connectivity index (χ0n) is 17.4. The van der Waals surface area contributed by atoms with E-state index in [1.54, 1.807) is 19.3 Å². The molecule has 2 aromatic carbocycles. The third-order valence-electron chi connectivity index (χ3n) is 5.16. The van der Waals surface area contributed by atoms with E-state index in [9.17, 15) is 18.0 Å². The number of hydrogen-bond donors (Lipinski definition) is 2. The van der Waals surface area contributed by atoms with Crippen molar-refractivity contribution in [3.05, 3.63) is 100 Å². The topological polar surface area (TPSA) is 54.0 Å². The highest BCUT2D eigenvalue weighted by Crippen LogP contribution is 2.30. The molecule has 2 atom stereocenters. The lowest BCUT2D eigenvalue weighted by atomic mass is 9.97. The lowest BCUT2D eigenvalue weighted by Gasteiger charge is -2.26. The molecule has 1 unspecified atom stereocenters. The first-order valence-corrected chi connectivity index (χ1v) is 10.5. The number of amides is 1. The van der Waals surface area contributed by atoms with E-state index in [4.69, 9.17) is 11.6 Å². The zero-order chi connectivity index (χ0) is 23.1. The Morgan fingerprint density at radius 2 is 1.69 bits per heavy atom. The Balaban J connectivity index is 1.83. The highest BCUT2D eigenvalue weighted by Gasteiger charge is 2.30. The van der Waals surface area contributed by atoms with Crippen LogP contribution < -0.4 is 10.6 Å². The molecule has 1 aromatic heterocycles. The maximum Gasteiger partial charge on any atom is 0.416 e. The number of likely N-dealkylation sites (N-methyl/N-ethyl adjacent to an activating group) is 1. The van der Waals surface area contributed by atoms with Crippen LogP contribution in [0.4, 0.5) is 13.2 Å². The Bertz CT molecular complexity index is 1010. The minimum absolute atomic E-state index is 0.197. The van der Waals surface area contributed by atoms with E-state index in [-0.39, 0.29) is 11.9 Å². The number of benzene rings is 2. The summed E-state index contributed by atoms with van der Waals surface area (Å²) in [5.41, 5.74) is 1.71. The summed E-state index contributed by atoms with van der Waals surface area (Å²) >= 11 is 5.93. The molecule has 0 fully saturated rings. The van der Waals surface area contributed by atoms with Crippen molar-refractivity contribution in [2.24, 2.45) is 0 Å². The Morgan fingerprint density at radius 3 is 2.25 bits per heavy atom. The van der Waals surface area contributed by atoms with E-state index in [1.165, 1.54) is 12.1 Å². The Kier molecular flexibility index (Phi) is 7.88. The van der Waals surface area contributed by atoms with Crippen LogP contribution in [0.1, 0.15) is 40.8 Å². The first-order valence-electron chi connectivity index (χ1n) is 10.1. The largest absolute Gasteiger partial charge is 0.416 e. The summed E-state index contributed by atoms with van der Waals surface area (Å²) in [7, 11) is 1.57. The molecule has 0 aliphatic heterocycles. The monoisotopic (exact) mass is 461 g/mol. The van der Waals surface area contributed by atoms with Crippen LogP contribution in [0.3, 0.4) is 0 Å². The van der Waals surface area contributed by atoms with Crippen molar-refractivity contribution >= 4 is 17.5 Å². The lowest BCUT2D eigenvalue weighted by molar-refractivity contribution is -0.137. The quantitative estimate of drug-likeness (QED) is 0.435. The minimum atomic E-state index is -4.37.